The molecule has 122 valence electrons. The molecule has 0 aliphatic heterocycles. The van der Waals surface area contributed by atoms with Crippen LogP contribution in [0.1, 0.15) is 24.1 Å². The van der Waals surface area contributed by atoms with Crippen molar-refractivity contribution in [3.63, 3.8) is 0 Å². The average molecular weight is 321 g/mol. The Labute approximate surface area is 139 Å². The fourth-order valence-corrected chi connectivity index (χ4v) is 2.97. The lowest BCUT2D eigenvalue weighted by atomic mass is 10.0. The number of carbonyl (C=O) groups excluding carboxylic acids is 1. The lowest BCUT2D eigenvalue weighted by molar-refractivity contribution is -0.120. The van der Waals surface area contributed by atoms with Gasteiger partial charge in [0.15, 0.2) is 0 Å². The average Bonchev–Trinajstić information content (AvgIpc) is 2.58. The van der Waals surface area contributed by atoms with E-state index in [4.69, 9.17) is 11.5 Å². The Morgan fingerprint density at radius 2 is 1.88 bits per heavy atom. The fraction of sp³-hybridized carbons (Fsp3) is 0.158. The maximum absolute atomic E-state index is 12.9. The van der Waals surface area contributed by atoms with Crippen LogP contribution in [0.4, 0.5) is 5.69 Å². The second-order valence-electron chi connectivity index (χ2n) is 5.74. The Hall–Kier alpha value is -3.08. The molecule has 1 atom stereocenters. The number of hydrogen-bond acceptors (Lipinski definition) is 3. The maximum Gasteiger partial charge on any atom is 0.259 e. The van der Waals surface area contributed by atoms with Gasteiger partial charge in [0, 0.05) is 22.7 Å². The van der Waals surface area contributed by atoms with Crippen LogP contribution >= 0.6 is 0 Å². The number of anilines is 1. The minimum atomic E-state index is -0.852. The third kappa shape index (κ3) is 2.65. The molecule has 0 bridgehead atoms. The first kappa shape index (κ1) is 15.8. The summed E-state index contributed by atoms with van der Waals surface area (Å²) in [6.45, 7) is 2.03. The van der Waals surface area contributed by atoms with Crippen molar-refractivity contribution in [1.29, 1.82) is 0 Å². The molecule has 0 saturated heterocycles. The van der Waals surface area contributed by atoms with Crippen molar-refractivity contribution in [2.45, 2.75) is 19.4 Å². The Morgan fingerprint density at radius 3 is 2.58 bits per heavy atom. The molecule has 1 aromatic heterocycles. The number of carbonyl (C=O) groups is 1. The van der Waals surface area contributed by atoms with Gasteiger partial charge in [-0.15, -0.1) is 0 Å². The van der Waals surface area contributed by atoms with Gasteiger partial charge in [-0.1, -0.05) is 37.3 Å². The number of fused-ring (bicyclic) bond motifs is 1. The topological polar surface area (TPSA) is 91.1 Å². The van der Waals surface area contributed by atoms with Gasteiger partial charge in [0.05, 0.1) is 0 Å². The minimum absolute atomic E-state index is 0.287. The van der Waals surface area contributed by atoms with Gasteiger partial charge in [-0.05, 0) is 35.7 Å². The van der Waals surface area contributed by atoms with Crippen LogP contribution in [0.5, 0.6) is 0 Å². The summed E-state index contributed by atoms with van der Waals surface area (Å²) in [7, 11) is 0. The lowest BCUT2D eigenvalue weighted by Crippen LogP contribution is -2.34. The van der Waals surface area contributed by atoms with E-state index in [9.17, 15) is 9.59 Å². The Kier molecular flexibility index (Phi) is 4.08. The molecule has 3 aromatic rings. The van der Waals surface area contributed by atoms with Crippen molar-refractivity contribution in [2.75, 3.05) is 5.73 Å². The van der Waals surface area contributed by atoms with Crippen LogP contribution in [-0.2, 0) is 11.2 Å². The summed E-state index contributed by atoms with van der Waals surface area (Å²) in [4.78, 5) is 24.9. The van der Waals surface area contributed by atoms with Crippen molar-refractivity contribution >= 4 is 22.4 Å². The third-order valence-corrected chi connectivity index (χ3v) is 4.23. The van der Waals surface area contributed by atoms with Crippen LogP contribution < -0.4 is 17.0 Å². The van der Waals surface area contributed by atoms with Gasteiger partial charge >= 0.3 is 0 Å². The molecule has 0 aliphatic rings. The predicted molar refractivity (Wildman–Crippen MR) is 95.8 cm³/mol. The highest BCUT2D eigenvalue weighted by Crippen LogP contribution is 2.22. The molecule has 0 saturated carbocycles. The summed E-state index contributed by atoms with van der Waals surface area (Å²) in [5, 5.41) is 1.14. The SMILES string of the molecule is CCc1cccc([C@H](C(N)=O)n2ccc3c(N)cccc3c2=O)c1. The van der Waals surface area contributed by atoms with E-state index >= 15 is 0 Å². The molecule has 2 aromatic carbocycles. The van der Waals surface area contributed by atoms with Gasteiger partial charge in [-0.2, -0.15) is 0 Å². The van der Waals surface area contributed by atoms with Gasteiger partial charge in [0.25, 0.3) is 5.56 Å². The van der Waals surface area contributed by atoms with E-state index in [0.29, 0.717) is 22.0 Å². The number of nitrogens with two attached hydrogens (primary N) is 2. The number of aromatic nitrogens is 1. The highest BCUT2D eigenvalue weighted by Gasteiger charge is 2.22. The molecule has 5 heteroatoms. The molecule has 0 aliphatic carbocycles. The number of rotatable bonds is 4. The summed E-state index contributed by atoms with van der Waals surface area (Å²) in [6.07, 6.45) is 2.41. The normalized spacial score (nSPS) is 12.2. The van der Waals surface area contributed by atoms with Gasteiger partial charge in [0.1, 0.15) is 6.04 Å². The fourth-order valence-electron chi connectivity index (χ4n) is 2.97. The second kappa shape index (κ2) is 6.20. The first-order valence-corrected chi connectivity index (χ1v) is 7.80. The van der Waals surface area contributed by atoms with Gasteiger partial charge in [0.2, 0.25) is 5.91 Å². The second-order valence-corrected chi connectivity index (χ2v) is 5.74. The van der Waals surface area contributed by atoms with Crippen LogP contribution in [0.15, 0.2) is 59.5 Å². The zero-order valence-corrected chi connectivity index (χ0v) is 13.4. The molecule has 4 N–H and O–H groups in total. The smallest absolute Gasteiger partial charge is 0.259 e. The summed E-state index contributed by atoms with van der Waals surface area (Å²) >= 11 is 0. The molecule has 1 heterocycles. The molecule has 24 heavy (non-hydrogen) atoms. The molecule has 0 fully saturated rings. The van der Waals surface area contributed by atoms with E-state index in [1.54, 1.807) is 30.5 Å². The number of primary amides is 1. The van der Waals surface area contributed by atoms with E-state index in [1.165, 1.54) is 4.57 Å². The van der Waals surface area contributed by atoms with Crippen molar-refractivity contribution in [1.82, 2.24) is 4.57 Å². The Morgan fingerprint density at radius 1 is 1.12 bits per heavy atom. The number of amides is 1. The molecule has 1 amide bonds. The van der Waals surface area contributed by atoms with Crippen LogP contribution in [0.25, 0.3) is 10.8 Å². The van der Waals surface area contributed by atoms with Crippen molar-refractivity contribution in [3.8, 4) is 0 Å². The minimum Gasteiger partial charge on any atom is -0.398 e. The van der Waals surface area contributed by atoms with Crippen LogP contribution in [0.3, 0.4) is 0 Å². The number of hydrogen-bond donors (Lipinski definition) is 2. The Balaban J connectivity index is 2.23. The lowest BCUT2D eigenvalue weighted by Gasteiger charge is -2.18. The zero-order chi connectivity index (χ0) is 17.3. The largest absolute Gasteiger partial charge is 0.398 e. The molecule has 5 nitrogen and oxygen atoms in total. The number of pyridine rings is 1. The summed E-state index contributed by atoms with van der Waals surface area (Å²) < 4.78 is 1.37. The number of nitrogen functional groups attached to an aromatic ring is 1. The third-order valence-electron chi connectivity index (χ3n) is 4.23. The highest BCUT2D eigenvalue weighted by atomic mass is 16.2. The van der Waals surface area contributed by atoms with E-state index in [2.05, 4.69) is 0 Å². The van der Waals surface area contributed by atoms with Crippen molar-refractivity contribution < 1.29 is 4.79 Å². The first-order valence-electron chi connectivity index (χ1n) is 7.80. The van der Waals surface area contributed by atoms with Crippen LogP contribution in [0.2, 0.25) is 0 Å². The van der Waals surface area contributed by atoms with Gasteiger partial charge < -0.3 is 11.5 Å². The molecule has 0 unspecified atom stereocenters. The summed E-state index contributed by atoms with van der Waals surface area (Å²) in [6, 6.07) is 13.6. The Bertz CT molecular complexity index is 976. The monoisotopic (exact) mass is 321 g/mol. The quantitative estimate of drug-likeness (QED) is 0.722. The number of nitrogens with zero attached hydrogens (tertiary/aromatic N) is 1. The number of benzene rings is 2. The number of aryl methyl sites for hydroxylation is 1. The van der Waals surface area contributed by atoms with E-state index in [1.807, 2.05) is 31.2 Å². The van der Waals surface area contributed by atoms with Crippen molar-refractivity contribution in [2.24, 2.45) is 5.73 Å². The summed E-state index contributed by atoms with van der Waals surface area (Å²) in [5.41, 5.74) is 13.6. The standard InChI is InChI=1S/C19H19N3O2/c1-2-12-5-3-6-13(11-12)17(18(21)23)22-10-9-14-15(19(22)24)7-4-8-16(14)20/h3-11,17H,2,20H2,1H3,(H2,21,23)/t17-/m1/s1. The molecular weight excluding hydrogens is 302 g/mol. The molecular formula is C19H19N3O2. The maximum atomic E-state index is 12.9. The molecule has 0 radical (unpaired) electrons. The van der Waals surface area contributed by atoms with E-state index in [0.717, 1.165) is 12.0 Å². The highest BCUT2D eigenvalue weighted by molar-refractivity contribution is 5.92. The predicted octanol–water partition coefficient (Wildman–Crippen LogP) is 2.22. The van der Waals surface area contributed by atoms with Crippen molar-refractivity contribution in [3.05, 3.63) is 76.2 Å². The summed E-state index contributed by atoms with van der Waals surface area (Å²) in [5.74, 6) is -0.575. The first-order chi connectivity index (χ1) is 11.5. The van der Waals surface area contributed by atoms with Gasteiger partial charge in [-0.3, -0.25) is 14.2 Å². The molecule has 0 spiro atoms. The zero-order valence-electron chi connectivity index (χ0n) is 13.4. The van der Waals surface area contributed by atoms with Crippen LogP contribution in [-0.4, -0.2) is 10.5 Å². The molecule has 3 rings (SSSR count). The van der Waals surface area contributed by atoms with Gasteiger partial charge in [-0.25, -0.2) is 0 Å². The van der Waals surface area contributed by atoms with Crippen LogP contribution in [0, 0.1) is 0 Å². The van der Waals surface area contributed by atoms with E-state index in [-0.39, 0.29) is 5.56 Å². The van der Waals surface area contributed by atoms with E-state index < -0.39 is 11.9 Å².